The molecule has 0 bridgehead atoms. The molecule has 1 nitrogen and oxygen atoms in total. The average Bonchev–Trinajstić information content (AvgIpc) is 2.97. The van der Waals surface area contributed by atoms with Crippen molar-refractivity contribution < 1.29 is 4.79 Å². The van der Waals surface area contributed by atoms with Crippen LogP contribution in [0.3, 0.4) is 0 Å². The molecule has 26 heavy (non-hydrogen) atoms. The summed E-state index contributed by atoms with van der Waals surface area (Å²) in [5, 5.41) is 0. The van der Waals surface area contributed by atoms with Crippen molar-refractivity contribution in [1.29, 1.82) is 0 Å². The molecule has 0 atom stereocenters. The molecule has 1 aromatic rings. The van der Waals surface area contributed by atoms with Crippen molar-refractivity contribution in [3.05, 3.63) is 63.8 Å². The number of benzene rings is 1. The molecule has 0 saturated heterocycles. The van der Waals surface area contributed by atoms with Crippen LogP contribution in [0.4, 0.5) is 0 Å². The Morgan fingerprint density at radius 1 is 0.808 bits per heavy atom. The van der Waals surface area contributed by atoms with Gasteiger partial charge >= 0.3 is 0 Å². The summed E-state index contributed by atoms with van der Waals surface area (Å²) >= 11 is 0. The number of hydrogen-bond donors (Lipinski definition) is 0. The van der Waals surface area contributed by atoms with E-state index in [0.29, 0.717) is 0 Å². The molecule has 5 rings (SSSR count). The number of carbonyl (C=O) groups is 1. The molecular weight excluding hydrogens is 316 g/mol. The van der Waals surface area contributed by atoms with Crippen LogP contribution in [0, 0.1) is 0 Å². The molecule has 0 amide bonds. The fourth-order valence-corrected chi connectivity index (χ4v) is 5.69. The van der Waals surface area contributed by atoms with Crippen LogP contribution in [0.1, 0.15) is 86.8 Å². The van der Waals surface area contributed by atoms with Crippen LogP contribution in [0.15, 0.2) is 47.1 Å². The van der Waals surface area contributed by atoms with E-state index in [9.17, 15) is 4.79 Å². The van der Waals surface area contributed by atoms with Gasteiger partial charge in [-0.05, 0) is 90.3 Å². The summed E-state index contributed by atoms with van der Waals surface area (Å²) in [6, 6.07) is 6.89. The SMILES string of the molecule is O=C1C=C2C(=C3CCCC=C13)CCc1c2cccc1C1CCCCCC1. The summed E-state index contributed by atoms with van der Waals surface area (Å²) in [6.07, 6.45) is 18.0. The van der Waals surface area contributed by atoms with Crippen molar-refractivity contribution in [2.24, 2.45) is 0 Å². The van der Waals surface area contributed by atoms with E-state index in [1.54, 1.807) is 11.1 Å². The van der Waals surface area contributed by atoms with Gasteiger partial charge in [0.25, 0.3) is 0 Å². The third-order valence-corrected chi connectivity index (χ3v) is 6.96. The van der Waals surface area contributed by atoms with E-state index < -0.39 is 0 Å². The minimum Gasteiger partial charge on any atom is -0.289 e. The largest absolute Gasteiger partial charge is 0.289 e. The number of ketones is 1. The first-order valence-corrected chi connectivity index (χ1v) is 10.6. The Labute approximate surface area is 156 Å². The van der Waals surface area contributed by atoms with Gasteiger partial charge in [-0.25, -0.2) is 0 Å². The molecule has 0 radical (unpaired) electrons. The highest BCUT2D eigenvalue weighted by atomic mass is 16.1. The van der Waals surface area contributed by atoms with Crippen molar-refractivity contribution in [2.75, 3.05) is 0 Å². The van der Waals surface area contributed by atoms with Gasteiger partial charge in [-0.1, -0.05) is 50.0 Å². The maximum Gasteiger partial charge on any atom is 0.186 e. The molecule has 1 saturated carbocycles. The zero-order chi connectivity index (χ0) is 17.5. The lowest BCUT2D eigenvalue weighted by Crippen LogP contribution is -2.19. The minimum absolute atomic E-state index is 0.242. The van der Waals surface area contributed by atoms with Gasteiger partial charge in [0.2, 0.25) is 0 Å². The Morgan fingerprint density at radius 3 is 2.46 bits per heavy atom. The van der Waals surface area contributed by atoms with Crippen LogP contribution in [0.5, 0.6) is 0 Å². The van der Waals surface area contributed by atoms with Crippen molar-refractivity contribution in [3.63, 3.8) is 0 Å². The van der Waals surface area contributed by atoms with E-state index in [2.05, 4.69) is 24.3 Å². The van der Waals surface area contributed by atoms with Gasteiger partial charge in [-0.2, -0.15) is 0 Å². The van der Waals surface area contributed by atoms with Gasteiger partial charge in [0, 0.05) is 5.57 Å². The first-order chi connectivity index (χ1) is 12.8. The first-order valence-electron chi connectivity index (χ1n) is 10.6. The second-order valence-electron chi connectivity index (χ2n) is 8.45. The van der Waals surface area contributed by atoms with Gasteiger partial charge in [0.1, 0.15) is 0 Å². The summed E-state index contributed by atoms with van der Waals surface area (Å²) < 4.78 is 0. The lowest BCUT2D eigenvalue weighted by molar-refractivity contribution is -0.111. The smallest absolute Gasteiger partial charge is 0.186 e. The third kappa shape index (κ3) is 2.64. The monoisotopic (exact) mass is 344 g/mol. The number of carbonyl (C=O) groups excluding carboxylic acids is 1. The molecule has 0 aromatic heterocycles. The van der Waals surface area contributed by atoms with Gasteiger partial charge in [-0.15, -0.1) is 0 Å². The summed E-state index contributed by atoms with van der Waals surface area (Å²) in [6.45, 7) is 0. The predicted octanol–water partition coefficient (Wildman–Crippen LogP) is 6.44. The molecule has 134 valence electrons. The molecule has 4 aliphatic rings. The number of allylic oxidation sites excluding steroid dienone is 6. The van der Waals surface area contributed by atoms with Crippen molar-refractivity contribution in [1.82, 2.24) is 0 Å². The van der Waals surface area contributed by atoms with E-state index in [1.807, 2.05) is 6.08 Å². The zero-order valence-corrected chi connectivity index (χ0v) is 15.7. The number of hydrogen-bond acceptors (Lipinski definition) is 1. The number of rotatable bonds is 1. The topological polar surface area (TPSA) is 17.1 Å². The highest BCUT2D eigenvalue weighted by Gasteiger charge is 2.32. The Hall–Kier alpha value is -1.89. The number of fused-ring (bicyclic) bond motifs is 4. The Balaban J connectivity index is 1.60. The van der Waals surface area contributed by atoms with Gasteiger partial charge in [-0.3, -0.25) is 4.79 Å². The lowest BCUT2D eigenvalue weighted by Gasteiger charge is -2.32. The van der Waals surface area contributed by atoms with Crippen LogP contribution in [0.2, 0.25) is 0 Å². The Bertz CT molecular complexity index is 841. The van der Waals surface area contributed by atoms with E-state index >= 15 is 0 Å². The van der Waals surface area contributed by atoms with E-state index in [-0.39, 0.29) is 5.78 Å². The highest BCUT2D eigenvalue weighted by Crippen LogP contribution is 2.46. The minimum atomic E-state index is 0.242. The van der Waals surface area contributed by atoms with Crippen LogP contribution < -0.4 is 0 Å². The molecule has 0 spiro atoms. The van der Waals surface area contributed by atoms with Crippen LogP contribution >= 0.6 is 0 Å². The zero-order valence-electron chi connectivity index (χ0n) is 15.7. The standard InChI is InChI=1S/C25H28O/c26-25-16-24-20-13-7-12-18(17-8-3-1-2-4-9-17)21(20)14-15-22(24)19-10-5-6-11-23(19)25/h7,11-13,16-17H,1-6,8-10,14-15H2. The van der Waals surface area contributed by atoms with E-state index in [4.69, 9.17) is 0 Å². The Kier molecular flexibility index (Phi) is 4.19. The first kappa shape index (κ1) is 16.3. The quantitative estimate of drug-likeness (QED) is 0.535. The molecule has 0 N–H and O–H groups in total. The van der Waals surface area contributed by atoms with Crippen molar-refractivity contribution >= 4 is 11.4 Å². The summed E-state index contributed by atoms with van der Waals surface area (Å²) in [5.74, 6) is 0.970. The normalized spacial score (nSPS) is 23.5. The van der Waals surface area contributed by atoms with Crippen LogP contribution in [-0.4, -0.2) is 5.78 Å². The average molecular weight is 344 g/mol. The fraction of sp³-hybridized carbons (Fsp3) is 0.480. The molecule has 4 aliphatic carbocycles. The molecule has 0 heterocycles. The van der Waals surface area contributed by atoms with Crippen molar-refractivity contribution in [3.8, 4) is 0 Å². The van der Waals surface area contributed by atoms with Gasteiger partial charge < -0.3 is 0 Å². The summed E-state index contributed by atoms with van der Waals surface area (Å²) in [4.78, 5) is 12.7. The maximum atomic E-state index is 12.7. The molecule has 0 unspecified atom stereocenters. The second-order valence-corrected chi connectivity index (χ2v) is 8.45. The summed E-state index contributed by atoms with van der Waals surface area (Å²) in [7, 11) is 0. The van der Waals surface area contributed by atoms with Crippen LogP contribution in [-0.2, 0) is 11.2 Å². The van der Waals surface area contributed by atoms with Crippen molar-refractivity contribution in [2.45, 2.75) is 76.5 Å². The summed E-state index contributed by atoms with van der Waals surface area (Å²) in [5.41, 5.74) is 9.60. The second kappa shape index (κ2) is 6.68. The molecule has 1 heteroatoms. The van der Waals surface area contributed by atoms with E-state index in [0.717, 1.165) is 37.2 Å². The molecule has 1 aromatic carbocycles. The predicted molar refractivity (Wildman–Crippen MR) is 107 cm³/mol. The van der Waals surface area contributed by atoms with Gasteiger partial charge in [0.05, 0.1) is 0 Å². The van der Waals surface area contributed by atoms with Gasteiger partial charge in [0.15, 0.2) is 5.78 Å². The van der Waals surface area contributed by atoms with Crippen LogP contribution in [0.25, 0.3) is 5.57 Å². The third-order valence-electron chi connectivity index (χ3n) is 6.96. The highest BCUT2D eigenvalue weighted by molar-refractivity contribution is 6.16. The fourth-order valence-electron chi connectivity index (χ4n) is 5.69. The molecule has 0 aliphatic heterocycles. The Morgan fingerprint density at radius 2 is 1.62 bits per heavy atom. The molecule has 1 fully saturated rings. The maximum absolute atomic E-state index is 12.7. The van der Waals surface area contributed by atoms with E-state index in [1.165, 1.54) is 67.2 Å². The lowest BCUT2D eigenvalue weighted by atomic mass is 9.71. The molecular formula is C25H28O.